The molecule has 2 aromatic carbocycles. The van der Waals surface area contributed by atoms with Crippen molar-refractivity contribution in [2.75, 3.05) is 13.7 Å². The monoisotopic (exact) mass is 397 g/mol. The van der Waals surface area contributed by atoms with Crippen molar-refractivity contribution in [1.82, 2.24) is 4.98 Å². The molecule has 0 unspecified atom stereocenters. The summed E-state index contributed by atoms with van der Waals surface area (Å²) in [6.45, 7) is 2.19. The van der Waals surface area contributed by atoms with E-state index >= 15 is 0 Å². The van der Waals surface area contributed by atoms with Gasteiger partial charge in [-0.3, -0.25) is 4.79 Å². The molecule has 0 atom stereocenters. The van der Waals surface area contributed by atoms with E-state index in [1.807, 2.05) is 30.3 Å². The average Bonchev–Trinajstić information content (AvgIpc) is 3.27. The number of hydrogen-bond acceptors (Lipinski definition) is 7. The lowest BCUT2D eigenvalue weighted by Gasteiger charge is -2.15. The molecular formula is C21H19NO5S. The van der Waals surface area contributed by atoms with Crippen LogP contribution < -0.4 is 9.47 Å². The van der Waals surface area contributed by atoms with Crippen LogP contribution in [-0.4, -0.2) is 30.5 Å². The van der Waals surface area contributed by atoms with Crippen molar-refractivity contribution in [2.45, 2.75) is 13.5 Å². The number of thiazole rings is 1. The molecule has 3 aromatic rings. The van der Waals surface area contributed by atoms with Crippen LogP contribution in [0.2, 0.25) is 0 Å². The Morgan fingerprint density at radius 2 is 1.82 bits per heavy atom. The van der Waals surface area contributed by atoms with Gasteiger partial charge in [-0.1, -0.05) is 30.3 Å². The fourth-order valence-electron chi connectivity index (χ4n) is 2.58. The van der Waals surface area contributed by atoms with E-state index in [1.54, 1.807) is 12.3 Å². The molecule has 0 bridgehead atoms. The molecule has 3 rings (SSSR count). The lowest BCUT2D eigenvalue weighted by Crippen LogP contribution is -2.14. The van der Waals surface area contributed by atoms with Crippen molar-refractivity contribution in [1.29, 1.82) is 0 Å². The van der Waals surface area contributed by atoms with E-state index in [0.717, 1.165) is 5.56 Å². The fraction of sp³-hybridized carbons (Fsp3) is 0.190. The van der Waals surface area contributed by atoms with Crippen LogP contribution in [0.4, 0.5) is 0 Å². The lowest BCUT2D eigenvalue weighted by atomic mass is 10.0. The predicted octanol–water partition coefficient (Wildman–Crippen LogP) is 4.14. The lowest BCUT2D eigenvalue weighted by molar-refractivity contribution is 0.0523. The standard InChI is InChI=1S/C21H19NO5S/c1-3-26-21(24)16-12-17(25-2)18(27-13-14-7-5-4-6-8-14)11-15(16)19(23)20-22-9-10-28-20/h4-12H,3,13H2,1-2H3. The van der Waals surface area contributed by atoms with Gasteiger partial charge >= 0.3 is 5.97 Å². The second kappa shape index (κ2) is 9.14. The number of aromatic nitrogens is 1. The minimum atomic E-state index is -0.602. The summed E-state index contributed by atoms with van der Waals surface area (Å²) in [5.41, 5.74) is 1.25. The zero-order chi connectivity index (χ0) is 19.9. The van der Waals surface area contributed by atoms with Crippen molar-refractivity contribution in [3.8, 4) is 11.5 Å². The van der Waals surface area contributed by atoms with Gasteiger partial charge in [0.05, 0.1) is 19.3 Å². The SMILES string of the molecule is CCOC(=O)c1cc(OC)c(OCc2ccccc2)cc1C(=O)c1nccs1. The van der Waals surface area contributed by atoms with E-state index < -0.39 is 5.97 Å². The minimum Gasteiger partial charge on any atom is -0.493 e. The molecular weight excluding hydrogens is 378 g/mol. The van der Waals surface area contributed by atoms with Crippen molar-refractivity contribution in [2.24, 2.45) is 0 Å². The van der Waals surface area contributed by atoms with E-state index in [0.29, 0.717) is 18.1 Å². The topological polar surface area (TPSA) is 74.7 Å². The third-order valence-corrected chi connectivity index (χ3v) is 4.68. The molecule has 0 aliphatic rings. The van der Waals surface area contributed by atoms with Gasteiger partial charge < -0.3 is 14.2 Å². The molecule has 6 nitrogen and oxygen atoms in total. The summed E-state index contributed by atoms with van der Waals surface area (Å²) in [4.78, 5) is 29.4. The largest absolute Gasteiger partial charge is 0.493 e. The van der Waals surface area contributed by atoms with E-state index in [-0.39, 0.29) is 28.5 Å². The molecule has 1 aromatic heterocycles. The number of ketones is 1. The van der Waals surface area contributed by atoms with Crippen molar-refractivity contribution in [3.05, 3.63) is 75.7 Å². The third-order valence-electron chi connectivity index (χ3n) is 3.91. The molecule has 0 spiro atoms. The molecule has 0 saturated carbocycles. The summed E-state index contributed by atoms with van der Waals surface area (Å²) in [5, 5.41) is 1.98. The summed E-state index contributed by atoms with van der Waals surface area (Å²) in [6, 6.07) is 12.6. The third kappa shape index (κ3) is 4.37. The first kappa shape index (κ1) is 19.6. The number of benzene rings is 2. The highest BCUT2D eigenvalue weighted by Gasteiger charge is 2.24. The van der Waals surface area contributed by atoms with Gasteiger partial charge in [0.2, 0.25) is 5.78 Å². The second-order valence-electron chi connectivity index (χ2n) is 5.71. The molecule has 0 saturated heterocycles. The van der Waals surface area contributed by atoms with Crippen LogP contribution in [0.25, 0.3) is 0 Å². The molecule has 28 heavy (non-hydrogen) atoms. The van der Waals surface area contributed by atoms with E-state index in [4.69, 9.17) is 14.2 Å². The van der Waals surface area contributed by atoms with E-state index in [2.05, 4.69) is 4.98 Å². The maximum Gasteiger partial charge on any atom is 0.339 e. The Morgan fingerprint density at radius 3 is 2.46 bits per heavy atom. The molecule has 1 heterocycles. The van der Waals surface area contributed by atoms with Crippen LogP contribution in [-0.2, 0) is 11.3 Å². The van der Waals surface area contributed by atoms with Crippen LogP contribution in [0.1, 0.15) is 38.2 Å². The van der Waals surface area contributed by atoms with Gasteiger partial charge in [-0.25, -0.2) is 9.78 Å². The highest BCUT2D eigenvalue weighted by atomic mass is 32.1. The normalized spacial score (nSPS) is 10.4. The summed E-state index contributed by atoms with van der Waals surface area (Å²) >= 11 is 1.20. The summed E-state index contributed by atoms with van der Waals surface area (Å²) in [7, 11) is 1.47. The smallest absolute Gasteiger partial charge is 0.339 e. The van der Waals surface area contributed by atoms with Crippen LogP contribution in [0.15, 0.2) is 54.0 Å². The molecule has 0 N–H and O–H groups in total. The average molecular weight is 397 g/mol. The van der Waals surface area contributed by atoms with Crippen LogP contribution in [0.5, 0.6) is 11.5 Å². The van der Waals surface area contributed by atoms with E-state index in [1.165, 1.54) is 36.8 Å². The van der Waals surface area contributed by atoms with Gasteiger partial charge in [-0.2, -0.15) is 0 Å². The fourth-order valence-corrected chi connectivity index (χ4v) is 3.17. The highest BCUT2D eigenvalue weighted by molar-refractivity contribution is 7.11. The molecule has 144 valence electrons. The number of carbonyl (C=O) groups excluding carboxylic acids is 2. The molecule has 7 heteroatoms. The highest BCUT2D eigenvalue weighted by Crippen LogP contribution is 2.33. The van der Waals surface area contributed by atoms with Gasteiger partial charge in [0, 0.05) is 17.1 Å². The molecule has 0 amide bonds. The van der Waals surface area contributed by atoms with Crippen LogP contribution in [0, 0.1) is 0 Å². The van der Waals surface area contributed by atoms with E-state index in [9.17, 15) is 9.59 Å². The maximum atomic E-state index is 12.9. The number of ether oxygens (including phenoxy) is 3. The Hall–Kier alpha value is -3.19. The van der Waals surface area contributed by atoms with Crippen LogP contribution >= 0.6 is 11.3 Å². The van der Waals surface area contributed by atoms with Gasteiger partial charge in [0.1, 0.15) is 6.61 Å². The number of nitrogens with zero attached hydrogens (tertiary/aromatic N) is 1. The Kier molecular flexibility index (Phi) is 6.39. The van der Waals surface area contributed by atoms with Crippen LogP contribution in [0.3, 0.4) is 0 Å². The van der Waals surface area contributed by atoms with Gasteiger partial charge in [-0.05, 0) is 24.6 Å². The number of methoxy groups -OCH3 is 1. The Balaban J connectivity index is 2.01. The molecule has 0 aliphatic carbocycles. The zero-order valence-corrected chi connectivity index (χ0v) is 16.3. The Morgan fingerprint density at radius 1 is 1.07 bits per heavy atom. The number of rotatable bonds is 8. The van der Waals surface area contributed by atoms with Gasteiger partial charge in [0.15, 0.2) is 16.5 Å². The first-order valence-electron chi connectivity index (χ1n) is 8.64. The Labute approximate surface area is 166 Å². The molecule has 0 fully saturated rings. The summed E-state index contributed by atoms with van der Waals surface area (Å²) in [6.07, 6.45) is 1.54. The number of carbonyl (C=O) groups is 2. The van der Waals surface area contributed by atoms with Crippen molar-refractivity contribution >= 4 is 23.1 Å². The minimum absolute atomic E-state index is 0.117. The molecule has 0 aliphatic heterocycles. The zero-order valence-electron chi connectivity index (χ0n) is 15.5. The number of esters is 1. The van der Waals surface area contributed by atoms with Gasteiger partial charge in [-0.15, -0.1) is 11.3 Å². The summed E-state index contributed by atoms with van der Waals surface area (Å²) in [5.74, 6) is -0.269. The second-order valence-corrected chi connectivity index (χ2v) is 6.60. The first-order valence-corrected chi connectivity index (χ1v) is 9.52. The Bertz CT molecular complexity index is 954. The number of hydrogen-bond donors (Lipinski definition) is 0. The predicted molar refractivity (Wildman–Crippen MR) is 105 cm³/mol. The van der Waals surface area contributed by atoms with Gasteiger partial charge in [0.25, 0.3) is 0 Å². The van der Waals surface area contributed by atoms with Crippen molar-refractivity contribution < 1.29 is 23.8 Å². The molecule has 0 radical (unpaired) electrons. The summed E-state index contributed by atoms with van der Waals surface area (Å²) < 4.78 is 16.3. The first-order chi connectivity index (χ1) is 13.6. The maximum absolute atomic E-state index is 12.9. The quantitative estimate of drug-likeness (QED) is 0.420. The van der Waals surface area contributed by atoms with Crippen molar-refractivity contribution in [3.63, 3.8) is 0 Å².